The Hall–Kier alpha value is -9.40. The van der Waals surface area contributed by atoms with Gasteiger partial charge in [-0.1, -0.05) is 104 Å². The third-order valence-corrected chi connectivity index (χ3v) is 17.7. The van der Waals surface area contributed by atoms with Crippen molar-refractivity contribution in [3.8, 4) is 22.9 Å². The van der Waals surface area contributed by atoms with Crippen molar-refractivity contribution < 1.29 is 10.2 Å². The second-order valence-corrected chi connectivity index (χ2v) is 23.7. The molecular formula is C72H54N2O6. The lowest BCUT2D eigenvalue weighted by molar-refractivity contribution is 0.472. The van der Waals surface area contributed by atoms with Crippen LogP contribution in [0.2, 0.25) is 0 Å². The van der Waals surface area contributed by atoms with Crippen LogP contribution in [-0.2, 0) is 0 Å². The second-order valence-electron chi connectivity index (χ2n) is 23.7. The number of aromatic hydroxyl groups is 2. The first-order valence-electron chi connectivity index (χ1n) is 27.8. The maximum absolute atomic E-state index is 14.8. The van der Waals surface area contributed by atoms with Gasteiger partial charge in [-0.2, -0.15) is 0 Å². The van der Waals surface area contributed by atoms with E-state index in [0.29, 0.717) is 43.7 Å². The zero-order valence-corrected chi connectivity index (χ0v) is 45.6. The summed E-state index contributed by atoms with van der Waals surface area (Å²) in [5.41, 5.74) is 2.70. The SMILES string of the molecule is CC(C)c1cc(O)cc(C(C)C)c1-n1c(=O)c2ccc3c4cc5cc6ccc7cc8cc9c(cc8cc7ccc6cc5cc4c4ccc(c1=O)c2c34)c1ccc2c(=O)n(-c3c(C(C)C)cc(O)cc3C(C)C)c(=O)c3ccc9c1c32. The molecule has 0 bridgehead atoms. The van der Waals surface area contributed by atoms with Crippen LogP contribution in [-0.4, -0.2) is 19.3 Å². The molecule has 388 valence electrons. The van der Waals surface area contributed by atoms with E-state index in [9.17, 15) is 29.4 Å². The van der Waals surface area contributed by atoms with Gasteiger partial charge in [0.15, 0.2) is 0 Å². The third kappa shape index (κ3) is 6.44. The first kappa shape index (κ1) is 47.8. The monoisotopic (exact) mass is 1040 g/mol. The molecule has 0 fully saturated rings. The van der Waals surface area contributed by atoms with Crippen molar-refractivity contribution in [3.05, 3.63) is 209 Å². The van der Waals surface area contributed by atoms with E-state index in [1.165, 1.54) is 9.13 Å². The van der Waals surface area contributed by atoms with Crippen molar-refractivity contribution >= 4 is 129 Å². The fourth-order valence-electron chi connectivity index (χ4n) is 13.9. The average Bonchev–Trinajstić information content (AvgIpc) is 2.73. The Kier molecular flexibility index (Phi) is 9.90. The lowest BCUT2D eigenvalue weighted by Gasteiger charge is -2.22. The van der Waals surface area contributed by atoms with Gasteiger partial charge in [-0.05, 0) is 240 Å². The van der Waals surface area contributed by atoms with E-state index in [1.807, 2.05) is 104 Å². The number of benzene rings is 10. The van der Waals surface area contributed by atoms with Crippen LogP contribution in [0, 0.1) is 0 Å². The molecule has 2 N–H and O–H groups in total. The van der Waals surface area contributed by atoms with Crippen molar-refractivity contribution in [1.82, 2.24) is 9.13 Å². The molecule has 0 spiro atoms. The summed E-state index contributed by atoms with van der Waals surface area (Å²) in [5.74, 6) is 0.0326. The van der Waals surface area contributed by atoms with Crippen molar-refractivity contribution in [2.24, 2.45) is 0 Å². The smallest absolute Gasteiger partial charge is 0.266 e. The number of hydrogen-bond donors (Lipinski definition) is 2. The molecule has 0 aliphatic carbocycles. The first-order chi connectivity index (χ1) is 38.4. The Balaban J connectivity index is 0.874. The summed E-state index contributed by atoms with van der Waals surface area (Å²) >= 11 is 0. The number of phenols is 2. The molecule has 80 heavy (non-hydrogen) atoms. The molecular weight excluding hydrogens is 989 g/mol. The van der Waals surface area contributed by atoms with Gasteiger partial charge < -0.3 is 10.2 Å². The number of pyridine rings is 2. The van der Waals surface area contributed by atoms with Crippen molar-refractivity contribution in [3.63, 3.8) is 0 Å². The summed E-state index contributed by atoms with van der Waals surface area (Å²) in [4.78, 5) is 59.1. The molecule has 15 aromatic rings. The zero-order valence-electron chi connectivity index (χ0n) is 45.6. The van der Waals surface area contributed by atoms with Gasteiger partial charge in [0.1, 0.15) is 11.5 Å². The molecule has 0 atom stereocenters. The molecule has 2 aromatic heterocycles. The Morgan fingerprint density at radius 1 is 0.263 bits per heavy atom. The van der Waals surface area contributed by atoms with Crippen LogP contribution in [0.25, 0.3) is 141 Å². The van der Waals surface area contributed by atoms with Gasteiger partial charge in [-0.3, -0.25) is 19.2 Å². The van der Waals surface area contributed by atoms with Crippen molar-refractivity contribution in [2.75, 3.05) is 0 Å². The minimum Gasteiger partial charge on any atom is -0.508 e. The molecule has 0 aliphatic rings. The Morgan fingerprint density at radius 3 is 0.700 bits per heavy atom. The molecule has 0 unspecified atom stereocenters. The van der Waals surface area contributed by atoms with Crippen LogP contribution >= 0.6 is 0 Å². The summed E-state index contributed by atoms with van der Waals surface area (Å²) in [6, 6.07) is 49.1. The van der Waals surface area contributed by atoms with Crippen LogP contribution in [0.15, 0.2) is 165 Å². The predicted molar refractivity (Wildman–Crippen MR) is 333 cm³/mol. The van der Waals surface area contributed by atoms with E-state index < -0.39 is 0 Å². The van der Waals surface area contributed by atoms with Crippen LogP contribution in [0.5, 0.6) is 11.5 Å². The minimum absolute atomic E-state index is 0.0506. The lowest BCUT2D eigenvalue weighted by atomic mass is 9.91. The Morgan fingerprint density at radius 2 is 0.475 bits per heavy atom. The van der Waals surface area contributed by atoms with Gasteiger partial charge in [0.05, 0.1) is 11.4 Å². The molecule has 0 aliphatic heterocycles. The molecule has 0 saturated heterocycles. The number of hydrogen-bond acceptors (Lipinski definition) is 6. The predicted octanol–water partition coefficient (Wildman–Crippen LogP) is 16.8. The Labute approximate surface area is 457 Å². The van der Waals surface area contributed by atoms with Gasteiger partial charge in [0, 0.05) is 32.3 Å². The molecule has 15 rings (SSSR count). The number of nitrogens with zero attached hydrogens (tertiary/aromatic N) is 2. The van der Waals surface area contributed by atoms with Gasteiger partial charge >= 0.3 is 0 Å². The van der Waals surface area contributed by atoms with Crippen LogP contribution in [0.4, 0.5) is 0 Å². The summed E-state index contributed by atoms with van der Waals surface area (Å²) in [6.45, 7) is 16.1. The Bertz CT molecular complexity index is 4890. The van der Waals surface area contributed by atoms with Gasteiger partial charge in [-0.25, -0.2) is 9.13 Å². The number of aromatic nitrogens is 2. The highest BCUT2D eigenvalue weighted by Crippen LogP contribution is 2.46. The standard InChI is InChI=1S/C72H54N2O6/c1-33(2)55-29-45(75)30-56(34(3)4)67(55)73-69(77)51-17-13-47-59-25-41-21-37-9-11-39-23-43-27-61-49-15-19-53-66-54(72(80)74(71(53)79)68-57(35(5)6)31-46(76)32-58(68)36(7)8)20-16-50(64(49)66)62(61)28-44(43)24-40(39)12-10-38(37)22-42(41)26-60(59)48-14-18-52(70(73)78)65(51)63(47)48/h9-36,75-76H,1-8H3. The fourth-order valence-corrected chi connectivity index (χ4v) is 13.9. The summed E-state index contributed by atoms with van der Waals surface area (Å²) in [5, 5.41) is 43.6. The fraction of sp³-hybridized carbons (Fsp3) is 0.167. The highest BCUT2D eigenvalue weighted by Gasteiger charge is 2.28. The molecule has 8 nitrogen and oxygen atoms in total. The van der Waals surface area contributed by atoms with Crippen molar-refractivity contribution in [2.45, 2.75) is 79.1 Å². The van der Waals surface area contributed by atoms with E-state index in [4.69, 9.17) is 0 Å². The van der Waals surface area contributed by atoms with E-state index in [2.05, 4.69) is 72.8 Å². The summed E-state index contributed by atoms with van der Waals surface area (Å²) in [6.07, 6.45) is 0. The minimum atomic E-state index is -0.359. The second kappa shape index (κ2) is 16.6. The van der Waals surface area contributed by atoms with Gasteiger partial charge in [-0.15, -0.1) is 0 Å². The number of fused-ring (bicyclic) bond motifs is 10. The summed E-state index contributed by atoms with van der Waals surface area (Å²) < 4.78 is 2.70. The molecule has 2 heterocycles. The van der Waals surface area contributed by atoms with Crippen LogP contribution < -0.4 is 22.2 Å². The van der Waals surface area contributed by atoms with E-state index in [0.717, 1.165) is 119 Å². The highest BCUT2D eigenvalue weighted by atomic mass is 16.3. The first-order valence-corrected chi connectivity index (χ1v) is 27.8. The maximum Gasteiger partial charge on any atom is 0.266 e. The molecule has 8 heteroatoms. The molecule has 13 aromatic carbocycles. The van der Waals surface area contributed by atoms with E-state index in [-0.39, 0.29) is 57.4 Å². The van der Waals surface area contributed by atoms with Crippen LogP contribution in [0.1, 0.15) is 101 Å². The molecule has 0 radical (unpaired) electrons. The highest BCUT2D eigenvalue weighted by molar-refractivity contribution is 6.38. The maximum atomic E-state index is 14.8. The number of rotatable bonds is 6. The van der Waals surface area contributed by atoms with E-state index >= 15 is 0 Å². The van der Waals surface area contributed by atoms with E-state index in [1.54, 1.807) is 24.3 Å². The topological polar surface area (TPSA) is 119 Å². The van der Waals surface area contributed by atoms with Crippen LogP contribution in [0.3, 0.4) is 0 Å². The average molecular weight is 1040 g/mol. The molecule has 0 saturated carbocycles. The molecule has 0 amide bonds. The number of phenolic OH excluding ortho intramolecular Hbond substituents is 2. The largest absolute Gasteiger partial charge is 0.508 e. The van der Waals surface area contributed by atoms with Gasteiger partial charge in [0.2, 0.25) is 0 Å². The van der Waals surface area contributed by atoms with Gasteiger partial charge in [0.25, 0.3) is 22.2 Å². The van der Waals surface area contributed by atoms with Crippen molar-refractivity contribution in [1.29, 1.82) is 0 Å². The quantitative estimate of drug-likeness (QED) is 0.171. The lowest BCUT2D eigenvalue weighted by Crippen LogP contribution is -2.33. The zero-order chi connectivity index (χ0) is 55.2. The normalized spacial score (nSPS) is 12.8. The summed E-state index contributed by atoms with van der Waals surface area (Å²) in [7, 11) is 0. The third-order valence-electron chi connectivity index (χ3n) is 17.7.